The first-order valence-electron chi connectivity index (χ1n) is 4.03. The van der Waals surface area contributed by atoms with E-state index in [1.807, 2.05) is 6.20 Å². The van der Waals surface area contributed by atoms with Crippen molar-refractivity contribution >= 4 is 0 Å². The highest BCUT2D eigenvalue weighted by atomic mass is 15.1. The van der Waals surface area contributed by atoms with Gasteiger partial charge in [-0.05, 0) is 18.8 Å². The molecule has 1 unspecified atom stereocenters. The van der Waals surface area contributed by atoms with Gasteiger partial charge in [-0.15, -0.1) is 0 Å². The molecule has 0 radical (unpaired) electrons. The number of H-pyrrole nitrogens is 2. The van der Waals surface area contributed by atoms with Crippen molar-refractivity contribution < 1.29 is 0 Å². The van der Waals surface area contributed by atoms with Gasteiger partial charge in [0.2, 0.25) is 0 Å². The Morgan fingerprint density at radius 1 is 1.60 bits per heavy atom. The lowest BCUT2D eigenvalue weighted by Crippen LogP contribution is -2.01. The van der Waals surface area contributed by atoms with Crippen LogP contribution >= 0.6 is 0 Å². The van der Waals surface area contributed by atoms with E-state index in [2.05, 4.69) is 24.0 Å². The van der Waals surface area contributed by atoms with E-state index in [-0.39, 0.29) is 0 Å². The van der Waals surface area contributed by atoms with Gasteiger partial charge < -0.3 is 10.2 Å². The van der Waals surface area contributed by atoms with Crippen molar-refractivity contribution in [3.05, 3.63) is 11.9 Å². The lowest BCUT2D eigenvalue weighted by Gasteiger charge is -2.08. The van der Waals surface area contributed by atoms with E-state index in [9.17, 15) is 0 Å². The van der Waals surface area contributed by atoms with Crippen LogP contribution in [0.3, 0.4) is 0 Å². The Bertz CT molecular complexity index is 155. The molecule has 0 aliphatic carbocycles. The Labute approximate surface area is 62.0 Å². The molecule has 0 spiro atoms. The number of hydrogen-bond donors (Lipinski definition) is 2. The molecule has 0 bridgehead atoms. The van der Waals surface area contributed by atoms with E-state index < -0.39 is 0 Å². The molecule has 0 amide bonds. The fourth-order valence-electron chi connectivity index (χ4n) is 0.915. The van der Waals surface area contributed by atoms with Crippen molar-refractivity contribution in [2.75, 3.05) is 0 Å². The van der Waals surface area contributed by atoms with Gasteiger partial charge in [0, 0.05) is 11.9 Å². The summed E-state index contributed by atoms with van der Waals surface area (Å²) in [4.78, 5) is 0. The standard InChI is InChI=1S/C8H16N2/c1-3-7(2)4-5-8-6-9-10-8/h6-7,9-10H,3-5H2,1-2H3. The number of aromatic nitrogens is 2. The predicted octanol–water partition coefficient (Wildman–Crippen LogP) is 2.32. The first kappa shape index (κ1) is 7.45. The Kier molecular flexibility index (Phi) is 2.60. The molecular formula is C8H16N2. The minimum Gasteiger partial charge on any atom is -0.307 e. The minimum absolute atomic E-state index is 0.864. The summed E-state index contributed by atoms with van der Waals surface area (Å²) < 4.78 is 0. The summed E-state index contributed by atoms with van der Waals surface area (Å²) in [6.07, 6.45) is 5.82. The van der Waals surface area contributed by atoms with Gasteiger partial charge in [0.05, 0.1) is 0 Å². The number of nitrogens with one attached hydrogen (secondary N) is 2. The van der Waals surface area contributed by atoms with Crippen LogP contribution in [0.5, 0.6) is 0 Å². The Balaban J connectivity index is 2.09. The van der Waals surface area contributed by atoms with Gasteiger partial charge in [-0.2, -0.15) is 0 Å². The quantitative estimate of drug-likeness (QED) is 0.643. The third-order valence-electron chi connectivity index (χ3n) is 2.08. The third-order valence-corrected chi connectivity index (χ3v) is 2.08. The van der Waals surface area contributed by atoms with E-state index in [0.717, 1.165) is 5.92 Å². The van der Waals surface area contributed by atoms with Crippen molar-refractivity contribution in [2.45, 2.75) is 33.1 Å². The van der Waals surface area contributed by atoms with Crippen LogP contribution in [0.1, 0.15) is 32.4 Å². The van der Waals surface area contributed by atoms with E-state index in [1.54, 1.807) is 0 Å². The third kappa shape index (κ3) is 1.94. The molecule has 2 heteroatoms. The maximum Gasteiger partial charge on any atom is 0.0489 e. The van der Waals surface area contributed by atoms with Crippen LogP contribution in [0.15, 0.2) is 6.20 Å². The summed E-state index contributed by atoms with van der Waals surface area (Å²) >= 11 is 0. The molecule has 1 aromatic rings. The molecule has 1 atom stereocenters. The average molecular weight is 140 g/mol. The molecule has 0 saturated heterocycles. The molecule has 2 nitrogen and oxygen atoms in total. The first-order chi connectivity index (χ1) is 4.83. The smallest absolute Gasteiger partial charge is 0.0489 e. The predicted molar refractivity (Wildman–Crippen MR) is 42.9 cm³/mol. The summed E-state index contributed by atoms with van der Waals surface area (Å²) in [5.74, 6) is 0.864. The minimum atomic E-state index is 0.864. The topological polar surface area (TPSA) is 31.6 Å². The van der Waals surface area contributed by atoms with Gasteiger partial charge in [0.1, 0.15) is 0 Å². The maximum atomic E-state index is 3.04. The molecule has 0 saturated carbocycles. The highest BCUT2D eigenvalue weighted by Crippen LogP contribution is 2.09. The van der Waals surface area contributed by atoms with Crippen molar-refractivity contribution in [2.24, 2.45) is 5.92 Å². The highest BCUT2D eigenvalue weighted by Gasteiger charge is 2.00. The number of hydrogen-bond acceptors (Lipinski definition) is 0. The number of rotatable bonds is 4. The summed E-state index contributed by atoms with van der Waals surface area (Å²) in [6, 6.07) is 0. The zero-order chi connectivity index (χ0) is 7.40. The van der Waals surface area contributed by atoms with Crippen LogP contribution in [0, 0.1) is 5.92 Å². The largest absolute Gasteiger partial charge is 0.307 e. The van der Waals surface area contributed by atoms with Crippen molar-refractivity contribution in [1.29, 1.82) is 0 Å². The number of aryl methyl sites for hydroxylation is 1. The van der Waals surface area contributed by atoms with Gasteiger partial charge in [-0.3, -0.25) is 0 Å². The van der Waals surface area contributed by atoms with Crippen LogP contribution < -0.4 is 0 Å². The summed E-state index contributed by atoms with van der Waals surface area (Å²) in [6.45, 7) is 4.54. The second-order valence-corrected chi connectivity index (χ2v) is 2.99. The molecule has 0 fully saturated rings. The van der Waals surface area contributed by atoms with Crippen molar-refractivity contribution in [1.82, 2.24) is 10.2 Å². The summed E-state index contributed by atoms with van der Waals surface area (Å²) in [5.41, 5.74) is 1.35. The monoisotopic (exact) mass is 140 g/mol. The Hall–Kier alpha value is -0.660. The zero-order valence-electron chi connectivity index (χ0n) is 6.78. The fourth-order valence-corrected chi connectivity index (χ4v) is 0.915. The lowest BCUT2D eigenvalue weighted by molar-refractivity contribution is 0.508. The lowest BCUT2D eigenvalue weighted by atomic mass is 10.0. The van der Waals surface area contributed by atoms with Crippen LogP contribution in [0.4, 0.5) is 0 Å². The molecule has 0 aliphatic heterocycles. The molecule has 58 valence electrons. The second-order valence-electron chi connectivity index (χ2n) is 2.99. The van der Waals surface area contributed by atoms with Crippen LogP contribution in [0.2, 0.25) is 0 Å². The zero-order valence-corrected chi connectivity index (χ0v) is 6.78. The SMILES string of the molecule is CCC(C)CCc1c[nH][nH]1. The molecule has 10 heavy (non-hydrogen) atoms. The molecule has 2 N–H and O–H groups in total. The summed E-state index contributed by atoms with van der Waals surface area (Å²) in [5, 5.41) is 5.93. The Morgan fingerprint density at radius 3 is 2.70 bits per heavy atom. The van der Waals surface area contributed by atoms with E-state index in [0.29, 0.717) is 0 Å². The fraction of sp³-hybridized carbons (Fsp3) is 0.750. The van der Waals surface area contributed by atoms with Gasteiger partial charge in [0.25, 0.3) is 0 Å². The van der Waals surface area contributed by atoms with Crippen molar-refractivity contribution in [3.63, 3.8) is 0 Å². The van der Waals surface area contributed by atoms with Gasteiger partial charge in [-0.1, -0.05) is 20.3 Å². The molecule has 0 aliphatic rings. The maximum absolute atomic E-state index is 3.04. The number of aromatic amines is 2. The highest BCUT2D eigenvalue weighted by molar-refractivity contribution is 4.93. The van der Waals surface area contributed by atoms with Gasteiger partial charge in [-0.25, -0.2) is 0 Å². The van der Waals surface area contributed by atoms with E-state index in [1.165, 1.54) is 25.0 Å². The van der Waals surface area contributed by atoms with E-state index >= 15 is 0 Å². The normalized spacial score (nSPS) is 13.8. The first-order valence-corrected chi connectivity index (χ1v) is 4.03. The Morgan fingerprint density at radius 2 is 2.30 bits per heavy atom. The van der Waals surface area contributed by atoms with Gasteiger partial charge >= 0.3 is 0 Å². The van der Waals surface area contributed by atoms with Crippen LogP contribution in [-0.2, 0) is 6.42 Å². The molecule has 1 aromatic heterocycles. The molecule has 1 heterocycles. The average Bonchev–Trinajstić information content (AvgIpc) is 1.84. The van der Waals surface area contributed by atoms with Crippen molar-refractivity contribution in [3.8, 4) is 0 Å². The molecular weight excluding hydrogens is 124 g/mol. The molecule has 1 rings (SSSR count). The second kappa shape index (κ2) is 3.49. The molecule has 0 aromatic carbocycles. The van der Waals surface area contributed by atoms with Crippen LogP contribution in [-0.4, -0.2) is 10.2 Å². The van der Waals surface area contributed by atoms with Gasteiger partial charge in [0.15, 0.2) is 0 Å². The van der Waals surface area contributed by atoms with E-state index in [4.69, 9.17) is 0 Å². The summed E-state index contributed by atoms with van der Waals surface area (Å²) in [7, 11) is 0. The van der Waals surface area contributed by atoms with Crippen LogP contribution in [0.25, 0.3) is 0 Å².